The van der Waals surface area contributed by atoms with Crippen LogP contribution < -0.4 is 5.32 Å². The lowest BCUT2D eigenvalue weighted by Crippen LogP contribution is -2.34. The smallest absolute Gasteiger partial charge is 0.320 e. The fraction of sp³-hybridized carbons (Fsp3) is 0.667. The zero-order valence-electron chi connectivity index (χ0n) is 5.79. The molecule has 56 valence electrons. The van der Waals surface area contributed by atoms with E-state index < -0.39 is 12.0 Å². The number of nitriles is 1. The minimum absolute atomic E-state index is 0.345. The van der Waals surface area contributed by atoms with Crippen molar-refractivity contribution in [3.8, 4) is 6.07 Å². The molecule has 0 aliphatic carbocycles. The number of hydrogen-bond acceptors (Lipinski definition) is 3. The van der Waals surface area contributed by atoms with Crippen LogP contribution in [0.5, 0.6) is 0 Å². The molecule has 2 N–H and O–H groups in total. The van der Waals surface area contributed by atoms with E-state index in [9.17, 15) is 4.79 Å². The summed E-state index contributed by atoms with van der Waals surface area (Å²) < 4.78 is 0. The van der Waals surface area contributed by atoms with Gasteiger partial charge in [0.1, 0.15) is 6.04 Å². The Labute approximate surface area is 59.5 Å². The molecule has 0 heterocycles. The maximum absolute atomic E-state index is 10.1. The lowest BCUT2D eigenvalue weighted by atomic mass is 10.3. The van der Waals surface area contributed by atoms with E-state index in [2.05, 4.69) is 5.32 Å². The third kappa shape index (κ3) is 3.87. The summed E-state index contributed by atoms with van der Waals surface area (Å²) in [4.78, 5) is 10.1. The molecule has 0 saturated carbocycles. The third-order valence-electron chi connectivity index (χ3n) is 1.06. The molecule has 0 spiro atoms. The van der Waals surface area contributed by atoms with Gasteiger partial charge < -0.3 is 10.4 Å². The van der Waals surface area contributed by atoms with Crippen molar-refractivity contribution in [2.75, 3.05) is 6.54 Å². The lowest BCUT2D eigenvalue weighted by Gasteiger charge is -2.05. The molecule has 0 saturated heterocycles. The molecule has 0 aromatic carbocycles. The average molecular weight is 142 g/mol. The van der Waals surface area contributed by atoms with Crippen LogP contribution in [0.2, 0.25) is 0 Å². The molecular formula is C6H10N2O2. The van der Waals surface area contributed by atoms with Crippen LogP contribution in [0.25, 0.3) is 0 Å². The Kier molecular flexibility index (Phi) is 4.25. The van der Waals surface area contributed by atoms with Gasteiger partial charge in [-0.25, -0.2) is 0 Å². The molecule has 0 bridgehead atoms. The standard InChI is InChI=1S/C6H10N2O2/c1-5(6(9)10)8-4-2-3-7/h5,8H,2,4H2,1H3,(H,9,10)/t5-/m0/s1. The second-order valence-corrected chi connectivity index (χ2v) is 1.92. The van der Waals surface area contributed by atoms with Crippen LogP contribution in [0.1, 0.15) is 13.3 Å². The van der Waals surface area contributed by atoms with Crippen molar-refractivity contribution < 1.29 is 9.90 Å². The molecule has 4 nitrogen and oxygen atoms in total. The number of aliphatic carboxylic acids is 1. The summed E-state index contributed by atoms with van der Waals surface area (Å²) in [5.41, 5.74) is 0. The molecule has 0 amide bonds. The van der Waals surface area contributed by atoms with E-state index in [4.69, 9.17) is 10.4 Å². The van der Waals surface area contributed by atoms with Crippen LogP contribution in [0.15, 0.2) is 0 Å². The zero-order chi connectivity index (χ0) is 7.98. The number of rotatable bonds is 4. The minimum atomic E-state index is -0.891. The van der Waals surface area contributed by atoms with E-state index in [1.807, 2.05) is 6.07 Å². The fourth-order valence-electron chi connectivity index (χ4n) is 0.432. The van der Waals surface area contributed by atoms with Crippen molar-refractivity contribution in [2.45, 2.75) is 19.4 Å². The van der Waals surface area contributed by atoms with Gasteiger partial charge in [-0.05, 0) is 6.92 Å². The average Bonchev–Trinajstić information content (AvgIpc) is 1.88. The maximum Gasteiger partial charge on any atom is 0.320 e. The summed E-state index contributed by atoms with van der Waals surface area (Å²) in [6, 6.07) is 1.34. The predicted octanol–water partition coefficient (Wildman–Crippen LogP) is -0.0372. The molecule has 1 atom stereocenters. The van der Waals surface area contributed by atoms with E-state index in [1.165, 1.54) is 0 Å². The van der Waals surface area contributed by atoms with Gasteiger partial charge in [-0.2, -0.15) is 5.26 Å². The molecule has 0 radical (unpaired) electrons. The summed E-state index contributed by atoms with van der Waals surface area (Å²) in [6.07, 6.45) is 0.345. The molecule has 0 fully saturated rings. The molecule has 0 rings (SSSR count). The quantitative estimate of drug-likeness (QED) is 0.540. The summed E-state index contributed by atoms with van der Waals surface area (Å²) >= 11 is 0. The molecule has 0 unspecified atom stereocenters. The maximum atomic E-state index is 10.1. The number of nitrogens with one attached hydrogen (secondary N) is 1. The van der Waals surface area contributed by atoms with E-state index in [0.717, 1.165) is 0 Å². The fourth-order valence-corrected chi connectivity index (χ4v) is 0.432. The van der Waals surface area contributed by atoms with E-state index in [0.29, 0.717) is 13.0 Å². The Balaban J connectivity index is 3.32. The second kappa shape index (κ2) is 4.77. The Morgan fingerprint density at radius 1 is 1.90 bits per heavy atom. The summed E-state index contributed by atoms with van der Waals surface area (Å²) in [5, 5.41) is 19.1. The number of carboxylic acid groups (broad SMARTS) is 1. The van der Waals surface area contributed by atoms with Gasteiger partial charge in [-0.15, -0.1) is 0 Å². The molecule has 0 aliphatic rings. The Morgan fingerprint density at radius 2 is 2.50 bits per heavy atom. The second-order valence-electron chi connectivity index (χ2n) is 1.92. The Bertz CT molecular complexity index is 150. The topological polar surface area (TPSA) is 73.1 Å². The number of carboxylic acids is 1. The van der Waals surface area contributed by atoms with Crippen molar-refractivity contribution in [3.05, 3.63) is 0 Å². The first-order chi connectivity index (χ1) is 4.68. The lowest BCUT2D eigenvalue weighted by molar-refractivity contribution is -0.138. The molecular weight excluding hydrogens is 132 g/mol. The van der Waals surface area contributed by atoms with Crippen LogP contribution >= 0.6 is 0 Å². The van der Waals surface area contributed by atoms with Gasteiger partial charge in [0.25, 0.3) is 0 Å². The van der Waals surface area contributed by atoms with Gasteiger partial charge in [-0.3, -0.25) is 4.79 Å². The highest BCUT2D eigenvalue weighted by molar-refractivity contribution is 5.72. The van der Waals surface area contributed by atoms with Crippen molar-refractivity contribution in [2.24, 2.45) is 0 Å². The van der Waals surface area contributed by atoms with Crippen molar-refractivity contribution in [3.63, 3.8) is 0 Å². The van der Waals surface area contributed by atoms with Crippen LogP contribution in [0.4, 0.5) is 0 Å². The van der Waals surface area contributed by atoms with Crippen molar-refractivity contribution in [1.82, 2.24) is 5.32 Å². The van der Waals surface area contributed by atoms with Gasteiger partial charge in [-0.1, -0.05) is 0 Å². The highest BCUT2D eigenvalue weighted by Crippen LogP contribution is 1.80. The van der Waals surface area contributed by atoms with Crippen molar-refractivity contribution in [1.29, 1.82) is 5.26 Å². The highest BCUT2D eigenvalue weighted by Gasteiger charge is 2.07. The van der Waals surface area contributed by atoms with Gasteiger partial charge in [0.15, 0.2) is 0 Å². The molecule has 0 aromatic rings. The molecule has 4 heteroatoms. The number of nitrogens with zero attached hydrogens (tertiary/aromatic N) is 1. The number of carbonyl (C=O) groups is 1. The van der Waals surface area contributed by atoms with E-state index in [-0.39, 0.29) is 0 Å². The van der Waals surface area contributed by atoms with Gasteiger partial charge in [0.2, 0.25) is 0 Å². The summed E-state index contributed by atoms with van der Waals surface area (Å²) in [5.74, 6) is -0.891. The SMILES string of the molecule is C[C@H](NCCC#N)C(=O)O. The minimum Gasteiger partial charge on any atom is -0.480 e. The van der Waals surface area contributed by atoms with Crippen molar-refractivity contribution >= 4 is 5.97 Å². The first-order valence-electron chi connectivity index (χ1n) is 3.01. The summed E-state index contributed by atoms with van der Waals surface area (Å²) in [6.45, 7) is 1.98. The van der Waals surface area contributed by atoms with Crippen LogP contribution in [0, 0.1) is 11.3 Å². The van der Waals surface area contributed by atoms with E-state index in [1.54, 1.807) is 6.92 Å². The largest absolute Gasteiger partial charge is 0.480 e. The first kappa shape index (κ1) is 8.92. The Morgan fingerprint density at radius 3 is 2.90 bits per heavy atom. The first-order valence-corrected chi connectivity index (χ1v) is 3.01. The van der Waals surface area contributed by atoms with Crippen LogP contribution in [-0.4, -0.2) is 23.7 Å². The van der Waals surface area contributed by atoms with Gasteiger partial charge in [0.05, 0.1) is 6.07 Å². The zero-order valence-corrected chi connectivity index (χ0v) is 5.79. The summed E-state index contributed by atoms with van der Waals surface area (Å²) in [7, 11) is 0. The highest BCUT2D eigenvalue weighted by atomic mass is 16.4. The predicted molar refractivity (Wildman–Crippen MR) is 35.3 cm³/mol. The monoisotopic (exact) mass is 142 g/mol. The molecule has 0 aliphatic heterocycles. The van der Waals surface area contributed by atoms with Crippen LogP contribution in [-0.2, 0) is 4.79 Å². The normalized spacial score (nSPS) is 12.0. The van der Waals surface area contributed by atoms with Crippen LogP contribution in [0.3, 0.4) is 0 Å². The number of hydrogen-bond donors (Lipinski definition) is 2. The van der Waals surface area contributed by atoms with Gasteiger partial charge >= 0.3 is 5.97 Å². The molecule has 10 heavy (non-hydrogen) atoms. The Hall–Kier alpha value is -1.08. The van der Waals surface area contributed by atoms with Gasteiger partial charge in [0, 0.05) is 13.0 Å². The third-order valence-corrected chi connectivity index (χ3v) is 1.06. The molecule has 0 aromatic heterocycles. The van der Waals surface area contributed by atoms with E-state index >= 15 is 0 Å².